The van der Waals surface area contributed by atoms with Gasteiger partial charge < -0.3 is 18.5 Å². The molecule has 0 saturated carbocycles. The summed E-state index contributed by atoms with van der Waals surface area (Å²) in [4.78, 5) is 0. The van der Waals surface area contributed by atoms with E-state index in [0.717, 1.165) is 0 Å². The van der Waals surface area contributed by atoms with Crippen molar-refractivity contribution < 1.29 is 23.1 Å². The van der Waals surface area contributed by atoms with Crippen molar-refractivity contribution in [2.75, 3.05) is 26.4 Å². The zero-order valence-electron chi connectivity index (χ0n) is 11.2. The number of ether oxygens (including phenoxy) is 2. The summed E-state index contributed by atoms with van der Waals surface area (Å²) in [6, 6.07) is 0. The van der Waals surface area contributed by atoms with Gasteiger partial charge in [-0.2, -0.15) is 0 Å². The van der Waals surface area contributed by atoms with Crippen LogP contribution >= 0.6 is 30.8 Å². The highest BCUT2D eigenvalue weighted by Crippen LogP contribution is 2.66. The molecule has 0 rings (SSSR count). The van der Waals surface area contributed by atoms with Crippen LogP contribution in [0.1, 0.15) is 27.7 Å². The molecular weight excluding hydrogens is 302 g/mol. The van der Waals surface area contributed by atoms with Crippen molar-refractivity contribution in [3.05, 3.63) is 0 Å². The molecular formula is C10H21Cl2O5P. The molecule has 0 aromatic carbocycles. The normalized spacial score (nSPS) is 13.3. The first-order valence-corrected chi connectivity index (χ1v) is 8.19. The van der Waals surface area contributed by atoms with E-state index in [1.807, 2.05) is 0 Å². The van der Waals surface area contributed by atoms with Gasteiger partial charge in [0.2, 0.25) is 6.29 Å². The van der Waals surface area contributed by atoms with Gasteiger partial charge in [-0.15, -0.1) is 0 Å². The fourth-order valence-electron chi connectivity index (χ4n) is 1.23. The van der Waals surface area contributed by atoms with E-state index in [1.54, 1.807) is 27.7 Å². The minimum atomic E-state index is -3.76. The second-order valence-corrected chi connectivity index (χ2v) is 7.29. The van der Waals surface area contributed by atoms with E-state index in [0.29, 0.717) is 13.2 Å². The van der Waals surface area contributed by atoms with E-state index in [2.05, 4.69) is 0 Å². The maximum Gasteiger partial charge on any atom is 0.371 e. The van der Waals surface area contributed by atoms with Crippen molar-refractivity contribution in [1.29, 1.82) is 0 Å². The van der Waals surface area contributed by atoms with Gasteiger partial charge in [-0.1, -0.05) is 23.2 Å². The summed E-state index contributed by atoms with van der Waals surface area (Å²) in [5, 5.41) is 0. The van der Waals surface area contributed by atoms with Gasteiger partial charge >= 0.3 is 7.60 Å². The molecule has 0 aliphatic heterocycles. The second kappa shape index (κ2) is 8.75. The van der Waals surface area contributed by atoms with Crippen LogP contribution in [-0.4, -0.2) is 36.8 Å². The van der Waals surface area contributed by atoms with Crippen LogP contribution in [0.5, 0.6) is 0 Å². The Kier molecular flexibility index (Phi) is 9.06. The molecule has 0 saturated heterocycles. The van der Waals surface area contributed by atoms with Crippen molar-refractivity contribution >= 4 is 30.8 Å². The Morgan fingerprint density at radius 3 is 1.61 bits per heavy atom. The molecule has 0 amide bonds. The standard InChI is InChI=1S/C10H21Cl2O5P/c1-5-14-9(15-6-2)10(11,12)18(13,16-7-3)17-8-4/h9H,5-8H2,1-4H3. The maximum atomic E-state index is 12.6. The predicted molar refractivity (Wildman–Crippen MR) is 72.3 cm³/mol. The van der Waals surface area contributed by atoms with Crippen molar-refractivity contribution in [1.82, 2.24) is 0 Å². The third kappa shape index (κ3) is 4.64. The molecule has 0 aliphatic carbocycles. The molecule has 8 heteroatoms. The smallest absolute Gasteiger partial charge is 0.349 e. The first-order valence-electron chi connectivity index (χ1n) is 5.89. The lowest BCUT2D eigenvalue weighted by atomic mass is 10.7. The van der Waals surface area contributed by atoms with Crippen molar-refractivity contribution in [2.24, 2.45) is 0 Å². The summed E-state index contributed by atoms with van der Waals surface area (Å²) in [7, 11) is -3.76. The molecule has 0 heterocycles. The van der Waals surface area contributed by atoms with Crippen molar-refractivity contribution in [3.8, 4) is 0 Å². The van der Waals surface area contributed by atoms with Crippen LogP contribution < -0.4 is 0 Å². The molecule has 0 N–H and O–H groups in total. The second-order valence-electron chi connectivity index (χ2n) is 3.16. The Labute approximate surface area is 119 Å². The largest absolute Gasteiger partial charge is 0.371 e. The number of halogens is 2. The maximum absolute atomic E-state index is 12.6. The molecule has 0 aromatic rings. The van der Waals surface area contributed by atoms with Crippen LogP contribution in [-0.2, 0) is 23.1 Å². The van der Waals surface area contributed by atoms with E-state index in [1.165, 1.54) is 0 Å². The first kappa shape index (κ1) is 18.7. The summed E-state index contributed by atoms with van der Waals surface area (Å²) >= 11 is 12.3. The van der Waals surface area contributed by atoms with E-state index < -0.39 is 18.0 Å². The predicted octanol–water partition coefficient (Wildman–Crippen LogP) is 3.78. The van der Waals surface area contributed by atoms with Gasteiger partial charge in [0.15, 0.2) is 0 Å². The minimum Gasteiger partial charge on any atom is -0.349 e. The molecule has 110 valence electrons. The molecule has 0 aliphatic rings. The lowest BCUT2D eigenvalue weighted by molar-refractivity contribution is -0.135. The molecule has 18 heavy (non-hydrogen) atoms. The average Bonchev–Trinajstić information content (AvgIpc) is 2.29. The van der Waals surface area contributed by atoms with Crippen molar-refractivity contribution in [3.63, 3.8) is 0 Å². The van der Waals surface area contributed by atoms with Gasteiger partial charge in [-0.25, -0.2) is 0 Å². The highest BCUT2D eigenvalue weighted by molar-refractivity contribution is 7.60. The Morgan fingerprint density at radius 2 is 1.33 bits per heavy atom. The van der Waals surface area contributed by atoms with Crippen LogP contribution in [0.15, 0.2) is 0 Å². The average molecular weight is 323 g/mol. The summed E-state index contributed by atoms with van der Waals surface area (Å²) < 4.78 is 31.4. The number of hydrogen-bond acceptors (Lipinski definition) is 5. The van der Waals surface area contributed by atoms with Gasteiger partial charge in [0.25, 0.3) is 4.07 Å². The third-order valence-electron chi connectivity index (χ3n) is 1.88. The summed E-state index contributed by atoms with van der Waals surface area (Å²) in [6.07, 6.45) is -1.08. The quantitative estimate of drug-likeness (QED) is 0.348. The highest BCUT2D eigenvalue weighted by Gasteiger charge is 2.56. The van der Waals surface area contributed by atoms with Gasteiger partial charge in [-0.05, 0) is 27.7 Å². The van der Waals surface area contributed by atoms with E-state index in [4.69, 9.17) is 41.7 Å². The summed E-state index contributed by atoms with van der Waals surface area (Å²) in [6.45, 7) is 7.78. The van der Waals surface area contributed by atoms with Crippen LogP contribution in [0.3, 0.4) is 0 Å². The molecule has 0 fully saturated rings. The fraction of sp³-hybridized carbons (Fsp3) is 1.00. The molecule has 0 atom stereocenters. The summed E-state index contributed by atoms with van der Waals surface area (Å²) in [5.74, 6) is 0. The number of hydrogen-bond donors (Lipinski definition) is 0. The first-order chi connectivity index (χ1) is 8.39. The van der Waals surface area contributed by atoms with Crippen LogP contribution in [0, 0.1) is 0 Å². The van der Waals surface area contributed by atoms with Gasteiger partial charge in [0, 0.05) is 13.2 Å². The molecule has 5 nitrogen and oxygen atoms in total. The van der Waals surface area contributed by atoms with E-state index in [-0.39, 0.29) is 13.2 Å². The number of alkyl halides is 2. The zero-order valence-corrected chi connectivity index (χ0v) is 13.6. The lowest BCUT2D eigenvalue weighted by Crippen LogP contribution is -2.37. The lowest BCUT2D eigenvalue weighted by Gasteiger charge is -2.33. The Morgan fingerprint density at radius 1 is 0.944 bits per heavy atom. The van der Waals surface area contributed by atoms with E-state index in [9.17, 15) is 4.57 Å². The topological polar surface area (TPSA) is 54.0 Å². The Hall–Kier alpha value is 0.650. The van der Waals surface area contributed by atoms with Crippen LogP contribution in [0.4, 0.5) is 0 Å². The summed E-state index contributed by atoms with van der Waals surface area (Å²) in [5.41, 5.74) is 0. The van der Waals surface area contributed by atoms with E-state index >= 15 is 0 Å². The Balaban J connectivity index is 5.15. The molecule has 0 spiro atoms. The SMILES string of the molecule is CCOC(OCC)C(Cl)(Cl)P(=O)(OCC)OCC. The third-order valence-corrected chi connectivity index (χ3v) is 5.62. The van der Waals surface area contributed by atoms with Crippen molar-refractivity contribution in [2.45, 2.75) is 38.1 Å². The molecule has 0 unspecified atom stereocenters. The molecule has 0 bridgehead atoms. The van der Waals surface area contributed by atoms with Gasteiger partial charge in [0.05, 0.1) is 13.2 Å². The highest BCUT2D eigenvalue weighted by atomic mass is 35.5. The van der Waals surface area contributed by atoms with Gasteiger partial charge in [-0.3, -0.25) is 4.57 Å². The van der Waals surface area contributed by atoms with Crippen LogP contribution in [0.2, 0.25) is 0 Å². The van der Waals surface area contributed by atoms with Gasteiger partial charge in [0.1, 0.15) is 0 Å². The monoisotopic (exact) mass is 322 g/mol. The molecule has 0 radical (unpaired) electrons. The number of rotatable bonds is 10. The zero-order chi connectivity index (χ0) is 14.2. The minimum absolute atomic E-state index is 0.156. The van der Waals surface area contributed by atoms with Crippen LogP contribution in [0.25, 0.3) is 0 Å². The fourth-order valence-corrected chi connectivity index (χ4v) is 3.57. The molecule has 0 aromatic heterocycles. The Bertz CT molecular complexity index is 259.